The predicted molar refractivity (Wildman–Crippen MR) is 70.8 cm³/mol. The molecule has 0 aliphatic carbocycles. The highest BCUT2D eigenvalue weighted by Gasteiger charge is 2.32. The minimum Gasteiger partial charge on any atom is -0.326 e. The van der Waals surface area contributed by atoms with Gasteiger partial charge in [-0.05, 0) is 57.2 Å². The average molecular weight is 238 g/mol. The quantitative estimate of drug-likeness (QED) is 0.877. The number of likely N-dealkylation sites (tertiary alicyclic amines) is 1. The normalized spacial score (nSPS) is 25.9. The third-order valence-corrected chi connectivity index (χ3v) is 4.72. The maximum atomic E-state index is 6.20. The van der Waals surface area contributed by atoms with Crippen LogP contribution in [0.25, 0.3) is 0 Å². The van der Waals surface area contributed by atoms with Crippen LogP contribution >= 0.6 is 11.3 Å². The highest BCUT2D eigenvalue weighted by molar-refractivity contribution is 7.10. The number of nitrogens with two attached hydrogens (primary N) is 1. The smallest absolute Gasteiger partial charge is 0.0595 e. The van der Waals surface area contributed by atoms with Gasteiger partial charge in [-0.3, -0.25) is 4.90 Å². The lowest BCUT2D eigenvalue weighted by molar-refractivity contribution is 0.172. The van der Waals surface area contributed by atoms with Crippen molar-refractivity contribution in [2.45, 2.75) is 51.7 Å². The third kappa shape index (κ3) is 2.17. The molecule has 2 rings (SSSR count). The van der Waals surface area contributed by atoms with Crippen LogP contribution in [0.2, 0.25) is 0 Å². The fourth-order valence-electron chi connectivity index (χ4n) is 2.75. The molecule has 3 heteroatoms. The fourth-order valence-corrected chi connectivity index (χ4v) is 3.91. The maximum absolute atomic E-state index is 6.20. The number of hydrogen-bond donors (Lipinski definition) is 1. The molecule has 1 fully saturated rings. The van der Waals surface area contributed by atoms with E-state index in [1.54, 1.807) is 0 Å². The zero-order valence-electron chi connectivity index (χ0n) is 10.4. The van der Waals surface area contributed by atoms with Gasteiger partial charge in [0.2, 0.25) is 0 Å². The number of aryl methyl sites for hydroxylation is 1. The average Bonchev–Trinajstić information content (AvgIpc) is 2.79. The van der Waals surface area contributed by atoms with E-state index in [4.69, 9.17) is 5.73 Å². The number of thiophene rings is 1. The molecule has 0 spiro atoms. The molecule has 1 aromatic heterocycles. The molecule has 1 aliphatic heterocycles. The summed E-state index contributed by atoms with van der Waals surface area (Å²) in [5.74, 6) is 0. The molecule has 2 heterocycles. The Hall–Kier alpha value is -0.380. The highest BCUT2D eigenvalue weighted by Crippen LogP contribution is 2.35. The Morgan fingerprint density at radius 3 is 2.75 bits per heavy atom. The highest BCUT2D eigenvalue weighted by atomic mass is 32.1. The molecule has 3 unspecified atom stereocenters. The van der Waals surface area contributed by atoms with Crippen molar-refractivity contribution in [2.75, 3.05) is 6.54 Å². The van der Waals surface area contributed by atoms with Gasteiger partial charge in [-0.2, -0.15) is 0 Å². The van der Waals surface area contributed by atoms with Gasteiger partial charge in [-0.15, -0.1) is 11.3 Å². The van der Waals surface area contributed by atoms with Crippen LogP contribution in [-0.4, -0.2) is 23.5 Å². The molecule has 0 saturated carbocycles. The molecule has 90 valence electrons. The van der Waals surface area contributed by atoms with Gasteiger partial charge >= 0.3 is 0 Å². The summed E-state index contributed by atoms with van der Waals surface area (Å²) in [5.41, 5.74) is 7.60. The van der Waals surface area contributed by atoms with E-state index in [-0.39, 0.29) is 6.04 Å². The van der Waals surface area contributed by atoms with Crippen molar-refractivity contribution < 1.29 is 0 Å². The van der Waals surface area contributed by atoms with E-state index in [9.17, 15) is 0 Å². The first-order chi connectivity index (χ1) is 7.61. The van der Waals surface area contributed by atoms with Gasteiger partial charge in [0.05, 0.1) is 6.04 Å². The summed E-state index contributed by atoms with van der Waals surface area (Å²) in [6.45, 7) is 7.85. The van der Waals surface area contributed by atoms with Crippen molar-refractivity contribution in [1.29, 1.82) is 0 Å². The van der Waals surface area contributed by atoms with Crippen molar-refractivity contribution in [1.82, 2.24) is 4.90 Å². The molecule has 0 amide bonds. The SMILES string of the molecule is Cc1ccsc1C(C(C)N)N1CCCC1C. The topological polar surface area (TPSA) is 29.3 Å². The maximum Gasteiger partial charge on any atom is 0.0595 e. The van der Waals surface area contributed by atoms with Crippen LogP contribution in [0.15, 0.2) is 11.4 Å². The van der Waals surface area contributed by atoms with E-state index in [1.165, 1.54) is 29.8 Å². The molecule has 1 aromatic rings. The molecule has 0 aromatic carbocycles. The lowest BCUT2D eigenvalue weighted by Gasteiger charge is -2.34. The predicted octanol–water partition coefficient (Wildman–Crippen LogP) is 2.93. The van der Waals surface area contributed by atoms with Gasteiger partial charge in [0.1, 0.15) is 0 Å². The lowest BCUT2D eigenvalue weighted by atomic mass is 10.0. The summed E-state index contributed by atoms with van der Waals surface area (Å²) in [4.78, 5) is 4.05. The van der Waals surface area contributed by atoms with Crippen molar-refractivity contribution in [3.63, 3.8) is 0 Å². The lowest BCUT2D eigenvalue weighted by Crippen LogP contribution is -2.41. The second-order valence-corrected chi connectivity index (χ2v) is 5.95. The van der Waals surface area contributed by atoms with Gasteiger partial charge < -0.3 is 5.73 Å². The minimum atomic E-state index is 0.206. The molecular formula is C13H22N2S. The van der Waals surface area contributed by atoms with Crippen molar-refractivity contribution in [3.05, 3.63) is 21.9 Å². The Morgan fingerprint density at radius 1 is 1.56 bits per heavy atom. The molecule has 2 nitrogen and oxygen atoms in total. The van der Waals surface area contributed by atoms with Crippen molar-refractivity contribution >= 4 is 11.3 Å². The zero-order valence-corrected chi connectivity index (χ0v) is 11.3. The monoisotopic (exact) mass is 238 g/mol. The number of hydrogen-bond acceptors (Lipinski definition) is 3. The molecule has 3 atom stereocenters. The summed E-state index contributed by atoms with van der Waals surface area (Å²) >= 11 is 1.85. The molecule has 2 N–H and O–H groups in total. The van der Waals surface area contributed by atoms with Gasteiger partial charge in [0, 0.05) is 17.0 Å². The number of rotatable bonds is 3. The first kappa shape index (κ1) is 12.1. The van der Waals surface area contributed by atoms with Crippen LogP contribution in [0.4, 0.5) is 0 Å². The van der Waals surface area contributed by atoms with E-state index in [0.717, 1.165) is 0 Å². The van der Waals surface area contributed by atoms with Crippen molar-refractivity contribution in [2.24, 2.45) is 5.73 Å². The second kappa shape index (κ2) is 4.86. The summed E-state index contributed by atoms with van der Waals surface area (Å²) in [6.07, 6.45) is 2.63. The summed E-state index contributed by atoms with van der Waals surface area (Å²) in [5, 5.41) is 2.18. The third-order valence-electron chi connectivity index (χ3n) is 3.63. The Balaban J connectivity index is 2.27. The Kier molecular flexibility index (Phi) is 3.67. The van der Waals surface area contributed by atoms with Gasteiger partial charge in [0.15, 0.2) is 0 Å². The molecule has 1 aliphatic rings. The van der Waals surface area contributed by atoms with Crippen LogP contribution in [0.5, 0.6) is 0 Å². The standard InChI is InChI=1S/C13H22N2S/c1-9-6-8-16-13(9)12(11(3)14)15-7-4-5-10(15)2/h6,8,10-12H,4-5,7,14H2,1-3H3. The molecular weight excluding hydrogens is 216 g/mol. The zero-order chi connectivity index (χ0) is 11.7. The molecule has 0 bridgehead atoms. The van der Waals surface area contributed by atoms with E-state index in [1.807, 2.05) is 11.3 Å². The van der Waals surface area contributed by atoms with Crippen LogP contribution in [-0.2, 0) is 0 Å². The van der Waals surface area contributed by atoms with Crippen LogP contribution < -0.4 is 5.73 Å². The summed E-state index contributed by atoms with van der Waals surface area (Å²) < 4.78 is 0. The van der Waals surface area contributed by atoms with E-state index < -0.39 is 0 Å². The van der Waals surface area contributed by atoms with E-state index in [2.05, 4.69) is 37.1 Å². The Morgan fingerprint density at radius 2 is 2.31 bits per heavy atom. The van der Waals surface area contributed by atoms with Gasteiger partial charge in [0.25, 0.3) is 0 Å². The molecule has 16 heavy (non-hydrogen) atoms. The van der Waals surface area contributed by atoms with Gasteiger partial charge in [-0.25, -0.2) is 0 Å². The first-order valence-corrected chi connectivity index (χ1v) is 7.04. The number of nitrogens with zero attached hydrogens (tertiary/aromatic N) is 1. The Bertz CT molecular complexity index is 345. The first-order valence-electron chi connectivity index (χ1n) is 6.16. The van der Waals surface area contributed by atoms with Gasteiger partial charge in [-0.1, -0.05) is 0 Å². The second-order valence-electron chi connectivity index (χ2n) is 5.00. The Labute approximate surface area is 102 Å². The fraction of sp³-hybridized carbons (Fsp3) is 0.692. The summed E-state index contributed by atoms with van der Waals surface area (Å²) in [6, 6.07) is 3.50. The summed E-state index contributed by atoms with van der Waals surface area (Å²) in [7, 11) is 0. The van der Waals surface area contributed by atoms with Crippen LogP contribution in [0.1, 0.15) is 43.2 Å². The van der Waals surface area contributed by atoms with E-state index in [0.29, 0.717) is 12.1 Å². The van der Waals surface area contributed by atoms with Crippen molar-refractivity contribution in [3.8, 4) is 0 Å². The minimum absolute atomic E-state index is 0.206. The molecule has 0 radical (unpaired) electrons. The van der Waals surface area contributed by atoms with E-state index >= 15 is 0 Å². The van der Waals surface area contributed by atoms with Crippen LogP contribution in [0.3, 0.4) is 0 Å². The van der Waals surface area contributed by atoms with Crippen LogP contribution in [0, 0.1) is 6.92 Å². The molecule has 1 saturated heterocycles. The largest absolute Gasteiger partial charge is 0.326 e.